The van der Waals surface area contributed by atoms with Gasteiger partial charge in [0, 0.05) is 33.8 Å². The Morgan fingerprint density at radius 2 is 2.22 bits per heavy atom. The molecule has 1 saturated heterocycles. The zero-order chi connectivity index (χ0) is 13.3. The summed E-state index contributed by atoms with van der Waals surface area (Å²) in [6.45, 7) is 0. The van der Waals surface area contributed by atoms with E-state index in [-0.39, 0.29) is 23.8 Å². The van der Waals surface area contributed by atoms with Crippen molar-refractivity contribution in [3.8, 4) is 0 Å². The summed E-state index contributed by atoms with van der Waals surface area (Å²) in [6, 6.07) is 1.62. The van der Waals surface area contributed by atoms with Crippen LogP contribution in [-0.4, -0.2) is 40.6 Å². The van der Waals surface area contributed by atoms with E-state index in [1.54, 1.807) is 29.9 Å². The maximum Gasteiger partial charge on any atom is 0.225 e. The molecular weight excluding hydrogens is 232 g/mol. The third-order valence-corrected chi connectivity index (χ3v) is 3.61. The smallest absolute Gasteiger partial charge is 0.225 e. The van der Waals surface area contributed by atoms with E-state index in [0.717, 1.165) is 5.69 Å². The Labute approximate surface area is 106 Å². The summed E-state index contributed by atoms with van der Waals surface area (Å²) in [4.78, 5) is 25.4. The first kappa shape index (κ1) is 12.6. The van der Waals surface area contributed by atoms with Crippen LogP contribution in [0.4, 0.5) is 0 Å². The highest BCUT2D eigenvalue weighted by Gasteiger charge is 2.39. The van der Waals surface area contributed by atoms with E-state index >= 15 is 0 Å². The number of carbonyl (C=O) groups excluding carboxylic acids is 2. The zero-order valence-electron chi connectivity index (χ0n) is 10.9. The average Bonchev–Trinajstić information content (AvgIpc) is 2.77. The molecule has 1 aliphatic rings. The third kappa shape index (κ3) is 1.98. The second-order valence-electron chi connectivity index (χ2n) is 4.59. The fraction of sp³-hybridized carbons (Fsp3) is 0.583. The lowest BCUT2D eigenvalue weighted by Gasteiger charge is -2.37. The number of hydrogen-bond donors (Lipinski definition) is 1. The van der Waals surface area contributed by atoms with E-state index in [1.165, 1.54) is 0 Å². The monoisotopic (exact) mass is 250 g/mol. The molecule has 0 bridgehead atoms. The Hall–Kier alpha value is -1.85. The van der Waals surface area contributed by atoms with E-state index in [0.29, 0.717) is 12.8 Å². The van der Waals surface area contributed by atoms with Crippen LogP contribution in [0, 0.1) is 5.92 Å². The molecule has 18 heavy (non-hydrogen) atoms. The first-order valence-corrected chi connectivity index (χ1v) is 6.01. The van der Waals surface area contributed by atoms with Gasteiger partial charge in [-0.25, -0.2) is 0 Å². The van der Waals surface area contributed by atoms with Gasteiger partial charge < -0.3 is 10.2 Å². The Bertz CT molecular complexity index is 468. The molecule has 0 unspecified atom stereocenters. The van der Waals surface area contributed by atoms with E-state index in [2.05, 4.69) is 10.4 Å². The fourth-order valence-electron chi connectivity index (χ4n) is 2.58. The van der Waals surface area contributed by atoms with Crippen molar-refractivity contribution in [1.82, 2.24) is 20.0 Å². The Balaban J connectivity index is 2.38. The first-order valence-electron chi connectivity index (χ1n) is 6.01. The van der Waals surface area contributed by atoms with Crippen molar-refractivity contribution in [2.24, 2.45) is 13.0 Å². The van der Waals surface area contributed by atoms with Gasteiger partial charge >= 0.3 is 0 Å². The Kier molecular flexibility index (Phi) is 3.36. The van der Waals surface area contributed by atoms with Crippen molar-refractivity contribution < 1.29 is 9.59 Å². The van der Waals surface area contributed by atoms with Crippen LogP contribution >= 0.6 is 0 Å². The molecule has 6 nitrogen and oxygen atoms in total. The van der Waals surface area contributed by atoms with Crippen molar-refractivity contribution >= 4 is 11.8 Å². The molecular formula is C12H18N4O2. The van der Waals surface area contributed by atoms with Gasteiger partial charge in [0.05, 0.1) is 17.7 Å². The minimum Gasteiger partial charge on any atom is -0.359 e. The van der Waals surface area contributed by atoms with Crippen LogP contribution in [0.25, 0.3) is 0 Å². The molecule has 0 radical (unpaired) electrons. The van der Waals surface area contributed by atoms with Crippen molar-refractivity contribution in [2.75, 3.05) is 14.1 Å². The lowest BCUT2D eigenvalue weighted by atomic mass is 9.86. The summed E-state index contributed by atoms with van der Waals surface area (Å²) in [5.74, 6) is -0.171. The van der Waals surface area contributed by atoms with Gasteiger partial charge in [-0.05, 0) is 12.5 Å². The van der Waals surface area contributed by atoms with Crippen molar-refractivity contribution in [3.05, 3.63) is 18.0 Å². The fourth-order valence-corrected chi connectivity index (χ4v) is 2.58. The predicted octanol–water partition coefficient (Wildman–Crippen LogP) is 0.0756. The highest BCUT2D eigenvalue weighted by atomic mass is 16.2. The number of hydrogen-bond acceptors (Lipinski definition) is 3. The molecule has 98 valence electrons. The summed E-state index contributed by atoms with van der Waals surface area (Å²) < 4.78 is 1.72. The van der Waals surface area contributed by atoms with Crippen LogP contribution in [0.3, 0.4) is 0 Å². The Morgan fingerprint density at radius 1 is 1.50 bits per heavy atom. The van der Waals surface area contributed by atoms with E-state index in [9.17, 15) is 9.59 Å². The summed E-state index contributed by atoms with van der Waals surface area (Å²) in [6.07, 6.45) is 2.69. The van der Waals surface area contributed by atoms with E-state index in [4.69, 9.17) is 0 Å². The third-order valence-electron chi connectivity index (χ3n) is 3.61. The largest absolute Gasteiger partial charge is 0.359 e. The van der Waals surface area contributed by atoms with Crippen LogP contribution < -0.4 is 5.32 Å². The minimum atomic E-state index is -0.237. The molecule has 1 N–H and O–H groups in total. The number of rotatable bonds is 2. The van der Waals surface area contributed by atoms with Gasteiger partial charge in [0.2, 0.25) is 11.8 Å². The van der Waals surface area contributed by atoms with Crippen molar-refractivity contribution in [3.63, 3.8) is 0 Å². The maximum atomic E-state index is 12.0. The molecule has 1 fully saturated rings. The summed E-state index contributed by atoms with van der Waals surface area (Å²) in [5, 5.41) is 6.79. The molecule has 1 aliphatic heterocycles. The molecule has 2 rings (SSSR count). The van der Waals surface area contributed by atoms with Crippen LogP contribution in [-0.2, 0) is 16.6 Å². The van der Waals surface area contributed by atoms with Crippen LogP contribution in [0.2, 0.25) is 0 Å². The van der Waals surface area contributed by atoms with Gasteiger partial charge in [0.15, 0.2) is 0 Å². The molecule has 1 aromatic heterocycles. The number of aryl methyl sites for hydroxylation is 1. The highest BCUT2D eigenvalue weighted by molar-refractivity contribution is 5.84. The van der Waals surface area contributed by atoms with Gasteiger partial charge in [0.1, 0.15) is 0 Å². The van der Waals surface area contributed by atoms with Gasteiger partial charge in [-0.3, -0.25) is 14.3 Å². The van der Waals surface area contributed by atoms with Crippen molar-refractivity contribution in [2.45, 2.75) is 18.9 Å². The van der Waals surface area contributed by atoms with Gasteiger partial charge in [-0.15, -0.1) is 0 Å². The number of likely N-dealkylation sites (tertiary alicyclic amines) is 1. The SMILES string of the molecule is CNC(=O)[C@@H]1CCC(=O)N(C)[C@@H]1c1ccnn1C. The number of nitrogens with zero attached hydrogens (tertiary/aromatic N) is 3. The second-order valence-corrected chi connectivity index (χ2v) is 4.59. The number of aromatic nitrogens is 2. The number of amides is 2. The second kappa shape index (κ2) is 4.80. The van der Waals surface area contributed by atoms with Crippen molar-refractivity contribution in [1.29, 1.82) is 0 Å². The predicted molar refractivity (Wildman–Crippen MR) is 65.5 cm³/mol. The van der Waals surface area contributed by atoms with Crippen LogP contribution in [0.1, 0.15) is 24.6 Å². The molecule has 6 heteroatoms. The van der Waals surface area contributed by atoms with Gasteiger partial charge in [0.25, 0.3) is 0 Å². The molecule has 0 spiro atoms. The topological polar surface area (TPSA) is 67.2 Å². The lowest BCUT2D eigenvalue weighted by Crippen LogP contribution is -2.46. The summed E-state index contributed by atoms with van der Waals surface area (Å²) >= 11 is 0. The molecule has 2 amide bonds. The molecule has 0 saturated carbocycles. The van der Waals surface area contributed by atoms with E-state index in [1.807, 2.05) is 13.1 Å². The number of nitrogens with one attached hydrogen (secondary N) is 1. The lowest BCUT2D eigenvalue weighted by molar-refractivity contribution is -0.141. The molecule has 1 aromatic rings. The molecule has 0 aromatic carbocycles. The Morgan fingerprint density at radius 3 is 2.78 bits per heavy atom. The zero-order valence-corrected chi connectivity index (χ0v) is 10.9. The van der Waals surface area contributed by atoms with Gasteiger partial charge in [-0.2, -0.15) is 5.10 Å². The van der Waals surface area contributed by atoms with Gasteiger partial charge in [-0.1, -0.05) is 0 Å². The highest BCUT2D eigenvalue weighted by Crippen LogP contribution is 2.35. The number of piperidine rings is 1. The van der Waals surface area contributed by atoms with E-state index < -0.39 is 0 Å². The molecule has 0 aliphatic carbocycles. The first-order chi connectivity index (χ1) is 8.56. The maximum absolute atomic E-state index is 12.0. The molecule has 2 heterocycles. The standard InChI is InChI=1S/C12H18N4O2/c1-13-12(18)8-4-5-10(17)15(2)11(8)9-6-7-14-16(9)3/h6-8,11H,4-5H2,1-3H3,(H,13,18)/t8-,11+/m1/s1. The van der Waals surface area contributed by atoms with Crippen LogP contribution in [0.15, 0.2) is 12.3 Å². The summed E-state index contributed by atoms with van der Waals surface area (Å²) in [7, 11) is 5.19. The minimum absolute atomic E-state index is 0.0273. The normalized spacial score (nSPS) is 24.2. The molecule has 2 atom stereocenters. The average molecular weight is 250 g/mol. The quantitative estimate of drug-likeness (QED) is 0.808. The van der Waals surface area contributed by atoms with Crippen LogP contribution in [0.5, 0.6) is 0 Å². The summed E-state index contributed by atoms with van der Waals surface area (Å²) in [5.41, 5.74) is 0.888. The number of carbonyl (C=O) groups is 2.